The fourth-order valence-electron chi connectivity index (χ4n) is 3.33. The standard InChI is InChI=1S/C25H34FN3O5S/c1-6-34-22-13-11-21(12-14-22)29(35(5,32)33)17-24(30)28(16-20-9-7-8-10-23(20)26)19(4)25(31)27-15-18(2)3/h7-14,18-19H,6,15-17H2,1-5H3,(H,27,31)/t19-/m0/s1. The number of hydrogen-bond donors (Lipinski definition) is 1. The highest BCUT2D eigenvalue weighted by Crippen LogP contribution is 2.23. The molecule has 2 rings (SSSR count). The van der Waals surface area contributed by atoms with E-state index >= 15 is 0 Å². The Bertz CT molecular complexity index is 1110. The number of sulfonamides is 1. The summed E-state index contributed by atoms with van der Waals surface area (Å²) < 4.78 is 45.9. The maximum Gasteiger partial charge on any atom is 0.244 e. The Morgan fingerprint density at radius 3 is 2.23 bits per heavy atom. The molecule has 0 bridgehead atoms. The van der Waals surface area contributed by atoms with E-state index in [1.54, 1.807) is 30.3 Å². The summed E-state index contributed by atoms with van der Waals surface area (Å²) in [5.74, 6) is -0.809. The molecule has 0 aliphatic heterocycles. The molecule has 10 heteroatoms. The lowest BCUT2D eigenvalue weighted by atomic mass is 10.1. The number of amides is 2. The molecule has 0 unspecified atom stereocenters. The molecule has 1 atom stereocenters. The van der Waals surface area contributed by atoms with Crippen LogP contribution in [0.5, 0.6) is 5.75 Å². The molecule has 0 aromatic heterocycles. The Kier molecular flexibility index (Phi) is 10.1. The molecule has 0 heterocycles. The summed E-state index contributed by atoms with van der Waals surface area (Å²) in [6.07, 6.45) is 0.997. The summed E-state index contributed by atoms with van der Waals surface area (Å²) in [6, 6.07) is 11.3. The first-order valence-corrected chi connectivity index (χ1v) is 13.3. The number of nitrogens with one attached hydrogen (secondary N) is 1. The van der Waals surface area contributed by atoms with E-state index in [2.05, 4.69) is 5.32 Å². The normalized spacial score (nSPS) is 12.2. The summed E-state index contributed by atoms with van der Waals surface area (Å²) >= 11 is 0. The van der Waals surface area contributed by atoms with Crippen LogP contribution in [0.25, 0.3) is 0 Å². The van der Waals surface area contributed by atoms with Crippen LogP contribution >= 0.6 is 0 Å². The van der Waals surface area contributed by atoms with Gasteiger partial charge in [-0.05, 0) is 50.1 Å². The van der Waals surface area contributed by atoms with Gasteiger partial charge < -0.3 is 15.0 Å². The van der Waals surface area contributed by atoms with E-state index < -0.39 is 40.2 Å². The first-order valence-electron chi connectivity index (χ1n) is 11.4. The molecule has 0 radical (unpaired) electrons. The molecular weight excluding hydrogens is 473 g/mol. The Balaban J connectivity index is 2.36. The van der Waals surface area contributed by atoms with Crippen molar-refractivity contribution in [2.75, 3.05) is 30.3 Å². The SMILES string of the molecule is CCOc1ccc(N(CC(=O)N(Cc2ccccc2F)[C@@H](C)C(=O)NCC(C)C)S(C)(=O)=O)cc1. The van der Waals surface area contributed by atoms with Gasteiger partial charge in [0.15, 0.2) is 0 Å². The van der Waals surface area contributed by atoms with Gasteiger partial charge in [-0.15, -0.1) is 0 Å². The number of benzene rings is 2. The highest BCUT2D eigenvalue weighted by atomic mass is 32.2. The highest BCUT2D eigenvalue weighted by molar-refractivity contribution is 7.92. The molecule has 192 valence electrons. The Morgan fingerprint density at radius 2 is 1.69 bits per heavy atom. The first kappa shape index (κ1) is 28.1. The summed E-state index contributed by atoms with van der Waals surface area (Å²) in [7, 11) is -3.85. The van der Waals surface area contributed by atoms with Crippen molar-refractivity contribution in [3.63, 3.8) is 0 Å². The third-order valence-electron chi connectivity index (χ3n) is 5.27. The van der Waals surface area contributed by atoms with E-state index in [9.17, 15) is 22.4 Å². The number of ether oxygens (including phenoxy) is 1. The molecule has 2 aromatic rings. The Labute approximate surface area is 207 Å². The van der Waals surface area contributed by atoms with E-state index in [4.69, 9.17) is 4.74 Å². The quantitative estimate of drug-likeness (QED) is 0.476. The molecule has 0 aliphatic carbocycles. The largest absolute Gasteiger partial charge is 0.494 e. The van der Waals surface area contributed by atoms with E-state index in [1.165, 1.54) is 30.0 Å². The van der Waals surface area contributed by atoms with Crippen molar-refractivity contribution in [1.82, 2.24) is 10.2 Å². The zero-order valence-corrected chi connectivity index (χ0v) is 21.6. The molecule has 35 heavy (non-hydrogen) atoms. The van der Waals surface area contributed by atoms with Gasteiger partial charge in [0.05, 0.1) is 18.6 Å². The smallest absolute Gasteiger partial charge is 0.244 e. The first-order chi connectivity index (χ1) is 16.4. The van der Waals surface area contributed by atoms with Crippen molar-refractivity contribution < 1.29 is 27.1 Å². The van der Waals surface area contributed by atoms with Crippen LogP contribution in [-0.2, 0) is 26.2 Å². The summed E-state index contributed by atoms with van der Waals surface area (Å²) in [5.41, 5.74) is 0.489. The van der Waals surface area contributed by atoms with Crippen molar-refractivity contribution in [3.8, 4) is 5.75 Å². The van der Waals surface area contributed by atoms with Crippen LogP contribution in [-0.4, -0.2) is 57.1 Å². The van der Waals surface area contributed by atoms with E-state index in [-0.39, 0.29) is 23.7 Å². The fraction of sp³-hybridized carbons (Fsp3) is 0.440. The molecule has 2 amide bonds. The van der Waals surface area contributed by atoms with Gasteiger partial charge in [0.25, 0.3) is 0 Å². The summed E-state index contributed by atoms with van der Waals surface area (Å²) in [6.45, 7) is 7.36. The van der Waals surface area contributed by atoms with Crippen molar-refractivity contribution in [2.45, 2.75) is 40.3 Å². The lowest BCUT2D eigenvalue weighted by Crippen LogP contribution is -2.51. The fourth-order valence-corrected chi connectivity index (χ4v) is 4.18. The minimum absolute atomic E-state index is 0.192. The maximum atomic E-state index is 14.4. The van der Waals surface area contributed by atoms with Crippen molar-refractivity contribution in [1.29, 1.82) is 0 Å². The van der Waals surface area contributed by atoms with Crippen LogP contribution in [0.2, 0.25) is 0 Å². The third-order valence-corrected chi connectivity index (χ3v) is 6.41. The average molecular weight is 508 g/mol. The van der Waals surface area contributed by atoms with Crippen molar-refractivity contribution >= 4 is 27.5 Å². The number of carbonyl (C=O) groups excluding carboxylic acids is 2. The van der Waals surface area contributed by atoms with Gasteiger partial charge in [0.1, 0.15) is 24.2 Å². The number of hydrogen-bond acceptors (Lipinski definition) is 5. The van der Waals surface area contributed by atoms with Crippen LogP contribution in [0.4, 0.5) is 10.1 Å². The topological polar surface area (TPSA) is 96.0 Å². The molecule has 0 spiro atoms. The van der Waals surface area contributed by atoms with Crippen molar-refractivity contribution in [2.24, 2.45) is 5.92 Å². The number of halogens is 1. The van der Waals surface area contributed by atoms with Crippen LogP contribution in [0.1, 0.15) is 33.3 Å². The molecule has 1 N–H and O–H groups in total. The van der Waals surface area contributed by atoms with Crippen LogP contribution in [0, 0.1) is 11.7 Å². The molecule has 8 nitrogen and oxygen atoms in total. The second kappa shape index (κ2) is 12.5. The number of carbonyl (C=O) groups is 2. The van der Waals surface area contributed by atoms with E-state index in [0.29, 0.717) is 18.9 Å². The van der Waals surface area contributed by atoms with Crippen molar-refractivity contribution in [3.05, 3.63) is 59.9 Å². The molecule has 0 aliphatic rings. The zero-order chi connectivity index (χ0) is 26.2. The zero-order valence-electron chi connectivity index (χ0n) is 20.8. The van der Waals surface area contributed by atoms with Gasteiger partial charge in [0.2, 0.25) is 21.8 Å². The number of rotatable bonds is 12. The minimum atomic E-state index is -3.85. The van der Waals surface area contributed by atoms with Gasteiger partial charge in [-0.1, -0.05) is 32.0 Å². The highest BCUT2D eigenvalue weighted by Gasteiger charge is 2.30. The lowest BCUT2D eigenvalue weighted by Gasteiger charge is -2.31. The molecule has 0 saturated carbocycles. The average Bonchev–Trinajstić information content (AvgIpc) is 2.80. The number of nitrogens with zero attached hydrogens (tertiary/aromatic N) is 2. The predicted octanol–water partition coefficient (Wildman–Crippen LogP) is 3.18. The summed E-state index contributed by atoms with van der Waals surface area (Å²) in [5, 5.41) is 2.78. The van der Waals surface area contributed by atoms with Gasteiger partial charge in [-0.25, -0.2) is 12.8 Å². The lowest BCUT2D eigenvalue weighted by molar-refractivity contribution is -0.139. The van der Waals surface area contributed by atoms with Gasteiger partial charge >= 0.3 is 0 Å². The Hall–Kier alpha value is -3.14. The Morgan fingerprint density at radius 1 is 1.06 bits per heavy atom. The third kappa shape index (κ3) is 8.24. The molecule has 2 aromatic carbocycles. The monoisotopic (exact) mass is 507 g/mol. The summed E-state index contributed by atoms with van der Waals surface area (Å²) in [4.78, 5) is 27.4. The second-order valence-corrected chi connectivity index (χ2v) is 10.5. The molecule has 0 fully saturated rings. The number of anilines is 1. The van der Waals surface area contributed by atoms with Crippen LogP contribution in [0.3, 0.4) is 0 Å². The predicted molar refractivity (Wildman–Crippen MR) is 134 cm³/mol. The van der Waals surface area contributed by atoms with E-state index in [0.717, 1.165) is 10.6 Å². The molecule has 0 saturated heterocycles. The minimum Gasteiger partial charge on any atom is -0.494 e. The van der Waals surface area contributed by atoms with Crippen LogP contribution in [0.15, 0.2) is 48.5 Å². The maximum absolute atomic E-state index is 14.4. The van der Waals surface area contributed by atoms with E-state index in [1.807, 2.05) is 20.8 Å². The second-order valence-electron chi connectivity index (χ2n) is 8.62. The van der Waals surface area contributed by atoms with Gasteiger partial charge in [-0.3, -0.25) is 13.9 Å². The van der Waals surface area contributed by atoms with Gasteiger partial charge in [0, 0.05) is 18.7 Å². The molecular formula is C25H34FN3O5S. The van der Waals surface area contributed by atoms with Crippen LogP contribution < -0.4 is 14.4 Å². The van der Waals surface area contributed by atoms with Gasteiger partial charge in [-0.2, -0.15) is 0 Å².